The van der Waals surface area contributed by atoms with Crippen LogP contribution in [0.5, 0.6) is 0 Å². The highest BCUT2D eigenvalue weighted by Crippen LogP contribution is 2.37. The number of anilines is 1. The summed E-state index contributed by atoms with van der Waals surface area (Å²) < 4.78 is 21.2. The van der Waals surface area contributed by atoms with Crippen molar-refractivity contribution in [2.75, 3.05) is 11.4 Å². The molecule has 5 rings (SSSR count). The summed E-state index contributed by atoms with van der Waals surface area (Å²) in [5.74, 6) is 0.347. The van der Waals surface area contributed by atoms with Gasteiger partial charge in [0, 0.05) is 24.9 Å². The van der Waals surface area contributed by atoms with E-state index in [0.717, 1.165) is 29.0 Å². The minimum atomic E-state index is -1.32. The van der Waals surface area contributed by atoms with Crippen LogP contribution in [0.2, 0.25) is 0 Å². The summed E-state index contributed by atoms with van der Waals surface area (Å²) >= 11 is 0. The van der Waals surface area contributed by atoms with Gasteiger partial charge in [0.1, 0.15) is 6.04 Å². The lowest BCUT2D eigenvalue weighted by molar-refractivity contribution is 0.298. The number of nitrogens with zero attached hydrogens (tertiary/aromatic N) is 6. The maximum Gasteiger partial charge on any atom is 0.319 e. The van der Waals surface area contributed by atoms with Gasteiger partial charge in [-0.05, 0) is 30.5 Å². The Morgan fingerprint density at radius 2 is 2.14 bits per heavy atom. The van der Waals surface area contributed by atoms with Crippen LogP contribution in [0.4, 0.5) is 10.4 Å². The van der Waals surface area contributed by atoms with Crippen LogP contribution in [-0.2, 0) is 6.42 Å². The van der Waals surface area contributed by atoms with E-state index in [1.807, 2.05) is 21.7 Å². The van der Waals surface area contributed by atoms with Gasteiger partial charge in [0.15, 0.2) is 6.17 Å². The monoisotopic (exact) mass is 395 g/mol. The zero-order valence-electron chi connectivity index (χ0n) is 16.5. The molecule has 0 fully saturated rings. The lowest BCUT2D eigenvalue weighted by atomic mass is 9.99. The molecule has 150 valence electrons. The van der Waals surface area contributed by atoms with Gasteiger partial charge in [0.2, 0.25) is 0 Å². The van der Waals surface area contributed by atoms with E-state index >= 15 is 0 Å². The molecule has 9 heteroatoms. The van der Waals surface area contributed by atoms with Gasteiger partial charge < -0.3 is 14.3 Å². The second-order valence-corrected chi connectivity index (χ2v) is 7.67. The highest BCUT2D eigenvalue weighted by Gasteiger charge is 2.36. The van der Waals surface area contributed by atoms with Crippen molar-refractivity contribution >= 4 is 11.5 Å². The van der Waals surface area contributed by atoms with E-state index in [0.29, 0.717) is 12.5 Å². The van der Waals surface area contributed by atoms with Crippen molar-refractivity contribution in [1.29, 1.82) is 0 Å². The Morgan fingerprint density at radius 1 is 1.28 bits per heavy atom. The van der Waals surface area contributed by atoms with Gasteiger partial charge in [-0.25, -0.2) is 13.9 Å². The van der Waals surface area contributed by atoms with Gasteiger partial charge in [0.25, 0.3) is 5.89 Å². The lowest BCUT2D eigenvalue weighted by Gasteiger charge is -2.32. The molecule has 1 N–H and O–H groups in total. The first-order valence-electron chi connectivity index (χ1n) is 9.77. The SMILES string of the molecule is CC(C)c1cccn2nc([C@@H]3c4nc[nH]c4CCN3c3nnc(C(C)F)o3)cc12. The summed E-state index contributed by atoms with van der Waals surface area (Å²) in [5, 5.41) is 12.8. The Morgan fingerprint density at radius 3 is 2.90 bits per heavy atom. The van der Waals surface area contributed by atoms with Crippen molar-refractivity contribution in [1.82, 2.24) is 29.8 Å². The topological polar surface area (TPSA) is 88.1 Å². The number of aromatic amines is 1. The number of aromatic nitrogens is 6. The molecule has 1 aliphatic rings. The number of H-pyrrole nitrogens is 1. The molecule has 1 unspecified atom stereocenters. The Bertz CT molecular complexity index is 1160. The molecular formula is C20H22FN7O. The number of hydrogen-bond acceptors (Lipinski definition) is 6. The van der Waals surface area contributed by atoms with Crippen LogP contribution in [0.3, 0.4) is 0 Å². The van der Waals surface area contributed by atoms with E-state index < -0.39 is 6.17 Å². The van der Waals surface area contributed by atoms with Crippen LogP contribution in [0.1, 0.15) is 67.4 Å². The summed E-state index contributed by atoms with van der Waals surface area (Å²) in [6.45, 7) is 6.34. The van der Waals surface area contributed by atoms with Crippen LogP contribution in [0.15, 0.2) is 35.1 Å². The molecule has 4 aromatic heterocycles. The van der Waals surface area contributed by atoms with Crippen LogP contribution in [-0.4, -0.2) is 36.3 Å². The Labute approximate surface area is 166 Å². The number of pyridine rings is 1. The van der Waals surface area contributed by atoms with Gasteiger partial charge in [-0.1, -0.05) is 25.0 Å². The average molecular weight is 395 g/mol. The molecule has 1 aliphatic heterocycles. The van der Waals surface area contributed by atoms with Crippen molar-refractivity contribution in [3.63, 3.8) is 0 Å². The number of halogens is 1. The number of imidazole rings is 1. The van der Waals surface area contributed by atoms with E-state index in [4.69, 9.17) is 9.52 Å². The molecule has 0 radical (unpaired) electrons. The summed E-state index contributed by atoms with van der Waals surface area (Å²) in [5.41, 5.74) is 5.05. The molecule has 4 aromatic rings. The maximum absolute atomic E-state index is 13.6. The molecule has 0 aromatic carbocycles. The molecule has 8 nitrogen and oxygen atoms in total. The number of nitrogens with one attached hydrogen (secondary N) is 1. The molecule has 5 heterocycles. The second-order valence-electron chi connectivity index (χ2n) is 7.67. The predicted molar refractivity (Wildman–Crippen MR) is 105 cm³/mol. The van der Waals surface area contributed by atoms with Crippen LogP contribution in [0, 0.1) is 0 Å². The largest absolute Gasteiger partial charge is 0.405 e. The van der Waals surface area contributed by atoms with E-state index in [9.17, 15) is 4.39 Å². The third-order valence-corrected chi connectivity index (χ3v) is 5.40. The molecule has 0 saturated heterocycles. The zero-order chi connectivity index (χ0) is 20.1. The fourth-order valence-electron chi connectivity index (χ4n) is 3.96. The number of alkyl halides is 1. The molecule has 2 atom stereocenters. The van der Waals surface area contributed by atoms with Crippen LogP contribution < -0.4 is 4.90 Å². The second kappa shape index (κ2) is 6.68. The van der Waals surface area contributed by atoms with Crippen molar-refractivity contribution in [2.45, 2.75) is 45.3 Å². The highest BCUT2D eigenvalue weighted by molar-refractivity contribution is 5.58. The fraction of sp³-hybridized carbons (Fsp3) is 0.400. The summed E-state index contributed by atoms with van der Waals surface area (Å²) in [6.07, 6.45) is 3.07. The van der Waals surface area contributed by atoms with Gasteiger partial charge in [0.05, 0.1) is 23.2 Å². The Hall–Kier alpha value is -3.23. The van der Waals surface area contributed by atoms with Crippen molar-refractivity contribution in [3.8, 4) is 0 Å². The van der Waals surface area contributed by atoms with Crippen LogP contribution >= 0.6 is 0 Å². The first-order chi connectivity index (χ1) is 14.0. The molecule has 0 spiro atoms. The number of fused-ring (bicyclic) bond motifs is 2. The van der Waals surface area contributed by atoms with E-state index in [1.54, 1.807) is 6.33 Å². The third-order valence-electron chi connectivity index (χ3n) is 5.40. The van der Waals surface area contributed by atoms with Gasteiger partial charge in [-0.3, -0.25) is 0 Å². The van der Waals surface area contributed by atoms with Gasteiger partial charge in [-0.15, -0.1) is 5.10 Å². The smallest absolute Gasteiger partial charge is 0.319 e. The molecule has 0 aliphatic carbocycles. The number of rotatable bonds is 4. The molecule has 0 bridgehead atoms. The average Bonchev–Trinajstić information content (AvgIpc) is 3.44. The van der Waals surface area contributed by atoms with Crippen molar-refractivity contribution in [2.24, 2.45) is 0 Å². The standard InChI is InChI=1S/C20H22FN7O/c1-11(2)13-5-4-7-28-16(13)9-15(26-28)18-17-14(22-10-23-17)6-8-27(18)20-25-24-19(29-20)12(3)21/h4-5,7,9-12,18H,6,8H2,1-3H3,(H,22,23)/t12?,18-/m1/s1. The summed E-state index contributed by atoms with van der Waals surface area (Å²) in [4.78, 5) is 9.72. The molecule has 29 heavy (non-hydrogen) atoms. The van der Waals surface area contributed by atoms with E-state index in [2.05, 4.69) is 46.1 Å². The van der Waals surface area contributed by atoms with E-state index in [1.165, 1.54) is 12.5 Å². The zero-order valence-corrected chi connectivity index (χ0v) is 16.5. The normalized spacial score (nSPS) is 17.8. The lowest BCUT2D eigenvalue weighted by Crippen LogP contribution is -2.36. The quantitative estimate of drug-likeness (QED) is 0.566. The van der Waals surface area contributed by atoms with Crippen LogP contribution in [0.25, 0.3) is 5.52 Å². The molecule has 0 amide bonds. The molecular weight excluding hydrogens is 373 g/mol. The highest BCUT2D eigenvalue weighted by atomic mass is 19.1. The van der Waals surface area contributed by atoms with E-state index in [-0.39, 0.29) is 17.9 Å². The predicted octanol–water partition coefficient (Wildman–Crippen LogP) is 3.75. The summed E-state index contributed by atoms with van der Waals surface area (Å²) in [6, 6.07) is 6.20. The van der Waals surface area contributed by atoms with Gasteiger partial charge in [-0.2, -0.15) is 5.10 Å². The minimum absolute atomic E-state index is 0.0244. The number of hydrogen-bond donors (Lipinski definition) is 1. The van der Waals surface area contributed by atoms with Crippen molar-refractivity contribution in [3.05, 3.63) is 59.3 Å². The van der Waals surface area contributed by atoms with Crippen molar-refractivity contribution < 1.29 is 8.81 Å². The minimum Gasteiger partial charge on any atom is -0.405 e. The fourth-order valence-corrected chi connectivity index (χ4v) is 3.96. The maximum atomic E-state index is 13.6. The first-order valence-corrected chi connectivity index (χ1v) is 9.77. The molecule has 0 saturated carbocycles. The van der Waals surface area contributed by atoms with Gasteiger partial charge >= 0.3 is 6.01 Å². The summed E-state index contributed by atoms with van der Waals surface area (Å²) in [7, 11) is 0. The first kappa shape index (κ1) is 17.8. The Balaban J connectivity index is 1.65. The third kappa shape index (κ3) is 2.88. The Kier molecular flexibility index (Phi) is 4.11.